The second-order valence-corrected chi connectivity index (χ2v) is 4.81. The average molecular weight is 262 g/mol. The number of allylic oxidation sites excluding steroid dienone is 3. The summed E-state index contributed by atoms with van der Waals surface area (Å²) in [5.74, 6) is 0.373. The molecule has 0 aromatic heterocycles. The Bertz CT molecular complexity index is 473. The summed E-state index contributed by atoms with van der Waals surface area (Å²) in [6.07, 6.45) is 6.52. The molecule has 3 heteroatoms. The molecule has 0 unspecified atom stereocenters. The molecule has 3 nitrogen and oxygen atoms in total. The summed E-state index contributed by atoms with van der Waals surface area (Å²) >= 11 is 0. The molecule has 0 heterocycles. The van der Waals surface area contributed by atoms with E-state index in [1.54, 1.807) is 6.07 Å². The summed E-state index contributed by atoms with van der Waals surface area (Å²) in [7, 11) is 0. The van der Waals surface area contributed by atoms with Gasteiger partial charge < -0.3 is 15.3 Å². The van der Waals surface area contributed by atoms with Gasteiger partial charge in [-0.25, -0.2) is 0 Å². The molecule has 0 saturated heterocycles. The molecule has 104 valence electrons. The number of benzene rings is 1. The Morgan fingerprint density at radius 1 is 1.11 bits per heavy atom. The number of aliphatic hydroxyl groups excluding tert-OH is 1. The first-order chi connectivity index (χ1) is 9.02. The Kier molecular flexibility index (Phi) is 6.16. The smallest absolute Gasteiger partial charge is 0.119 e. The second-order valence-electron chi connectivity index (χ2n) is 4.81. The molecule has 0 aliphatic carbocycles. The zero-order valence-corrected chi connectivity index (χ0v) is 11.6. The Morgan fingerprint density at radius 2 is 1.84 bits per heavy atom. The van der Waals surface area contributed by atoms with Gasteiger partial charge in [-0.15, -0.1) is 0 Å². The standard InChI is InChI=1S/C16H22O3/c1-12(4-3-5-13(2)11-17)6-7-14-10-15(18)8-9-16(14)19/h5-6,8-10,17-19H,3-4,7,11H2,1-2H3/b12-6+,13-5+. The number of aromatic hydroxyl groups is 2. The van der Waals surface area contributed by atoms with Crippen molar-refractivity contribution >= 4 is 0 Å². The van der Waals surface area contributed by atoms with Crippen LogP contribution in [0.3, 0.4) is 0 Å². The van der Waals surface area contributed by atoms with Crippen molar-refractivity contribution in [3.05, 3.63) is 47.1 Å². The van der Waals surface area contributed by atoms with Crippen LogP contribution in [-0.4, -0.2) is 21.9 Å². The summed E-state index contributed by atoms with van der Waals surface area (Å²) in [5.41, 5.74) is 2.93. The molecule has 0 atom stereocenters. The van der Waals surface area contributed by atoms with Crippen LogP contribution in [0.4, 0.5) is 0 Å². The molecule has 0 aliphatic heterocycles. The first-order valence-corrected chi connectivity index (χ1v) is 6.46. The van der Waals surface area contributed by atoms with E-state index in [4.69, 9.17) is 5.11 Å². The van der Waals surface area contributed by atoms with E-state index in [0.29, 0.717) is 6.42 Å². The van der Waals surface area contributed by atoms with Gasteiger partial charge in [0.25, 0.3) is 0 Å². The first-order valence-electron chi connectivity index (χ1n) is 6.46. The number of hydrogen-bond acceptors (Lipinski definition) is 3. The van der Waals surface area contributed by atoms with Crippen molar-refractivity contribution in [2.45, 2.75) is 33.1 Å². The largest absolute Gasteiger partial charge is 0.508 e. The quantitative estimate of drug-likeness (QED) is 0.544. The van der Waals surface area contributed by atoms with Crippen molar-refractivity contribution in [1.29, 1.82) is 0 Å². The van der Waals surface area contributed by atoms with E-state index in [-0.39, 0.29) is 18.1 Å². The van der Waals surface area contributed by atoms with Crippen molar-refractivity contribution in [2.24, 2.45) is 0 Å². The highest BCUT2D eigenvalue weighted by Crippen LogP contribution is 2.23. The lowest BCUT2D eigenvalue weighted by molar-refractivity contribution is 0.331. The highest BCUT2D eigenvalue weighted by molar-refractivity contribution is 5.39. The second kappa shape index (κ2) is 7.64. The van der Waals surface area contributed by atoms with Crippen molar-refractivity contribution in [3.8, 4) is 11.5 Å². The number of aliphatic hydroxyl groups is 1. The predicted octanol–water partition coefficient (Wildman–Crippen LogP) is 3.31. The van der Waals surface area contributed by atoms with Crippen LogP contribution in [0.2, 0.25) is 0 Å². The lowest BCUT2D eigenvalue weighted by Gasteiger charge is -2.04. The molecule has 1 aromatic rings. The maximum absolute atomic E-state index is 9.65. The monoisotopic (exact) mass is 262 g/mol. The van der Waals surface area contributed by atoms with Gasteiger partial charge in [0.15, 0.2) is 0 Å². The van der Waals surface area contributed by atoms with Gasteiger partial charge in [0.1, 0.15) is 11.5 Å². The van der Waals surface area contributed by atoms with Gasteiger partial charge >= 0.3 is 0 Å². The van der Waals surface area contributed by atoms with Crippen LogP contribution >= 0.6 is 0 Å². The number of rotatable bonds is 6. The van der Waals surface area contributed by atoms with Gasteiger partial charge in [0, 0.05) is 5.56 Å². The topological polar surface area (TPSA) is 60.7 Å². The summed E-state index contributed by atoms with van der Waals surface area (Å²) in [5, 5.41) is 27.9. The third kappa shape index (κ3) is 5.62. The fourth-order valence-electron chi connectivity index (χ4n) is 1.73. The summed E-state index contributed by atoms with van der Waals surface area (Å²) in [4.78, 5) is 0. The molecular formula is C16H22O3. The van der Waals surface area contributed by atoms with Gasteiger partial charge in [-0.05, 0) is 51.3 Å². The van der Waals surface area contributed by atoms with E-state index in [1.807, 2.05) is 19.9 Å². The zero-order valence-electron chi connectivity index (χ0n) is 11.6. The fraction of sp³-hybridized carbons (Fsp3) is 0.375. The molecule has 1 rings (SSSR count). The van der Waals surface area contributed by atoms with Gasteiger partial charge in [0.05, 0.1) is 6.61 Å². The minimum absolute atomic E-state index is 0.111. The maximum Gasteiger partial charge on any atom is 0.119 e. The zero-order chi connectivity index (χ0) is 14.3. The number of phenolic OH excluding ortho intramolecular Hbond substituents is 2. The van der Waals surface area contributed by atoms with E-state index >= 15 is 0 Å². The molecule has 1 aromatic carbocycles. The minimum Gasteiger partial charge on any atom is -0.508 e. The SMILES string of the molecule is C/C(=C\CC/C(C)=C/Cc1cc(O)ccc1O)CO. The normalized spacial score (nSPS) is 12.8. The van der Waals surface area contributed by atoms with Gasteiger partial charge in [0.2, 0.25) is 0 Å². The minimum atomic E-state index is 0.111. The lowest BCUT2D eigenvalue weighted by atomic mass is 10.1. The third-order valence-electron chi connectivity index (χ3n) is 3.01. The van der Waals surface area contributed by atoms with Gasteiger partial charge in [-0.2, -0.15) is 0 Å². The molecule has 0 spiro atoms. The van der Waals surface area contributed by atoms with E-state index in [0.717, 1.165) is 24.0 Å². The van der Waals surface area contributed by atoms with Crippen molar-refractivity contribution in [1.82, 2.24) is 0 Å². The van der Waals surface area contributed by atoms with Gasteiger partial charge in [-0.1, -0.05) is 23.3 Å². The molecule has 0 aliphatic rings. The van der Waals surface area contributed by atoms with Gasteiger partial charge in [-0.3, -0.25) is 0 Å². The van der Waals surface area contributed by atoms with Crippen LogP contribution in [-0.2, 0) is 6.42 Å². The van der Waals surface area contributed by atoms with Crippen LogP contribution in [0, 0.1) is 0 Å². The van der Waals surface area contributed by atoms with E-state index in [2.05, 4.69) is 6.08 Å². The number of hydrogen-bond donors (Lipinski definition) is 3. The Morgan fingerprint density at radius 3 is 2.53 bits per heavy atom. The molecule has 0 bridgehead atoms. The van der Waals surface area contributed by atoms with E-state index in [1.165, 1.54) is 17.7 Å². The van der Waals surface area contributed by atoms with Crippen molar-refractivity contribution in [3.63, 3.8) is 0 Å². The maximum atomic E-state index is 9.65. The van der Waals surface area contributed by atoms with Crippen LogP contribution in [0.25, 0.3) is 0 Å². The predicted molar refractivity (Wildman–Crippen MR) is 77.3 cm³/mol. The molecule has 0 amide bonds. The molecule has 0 saturated carbocycles. The van der Waals surface area contributed by atoms with Crippen LogP contribution < -0.4 is 0 Å². The third-order valence-corrected chi connectivity index (χ3v) is 3.01. The van der Waals surface area contributed by atoms with Crippen LogP contribution in [0.5, 0.6) is 11.5 Å². The Labute approximate surface area is 114 Å². The summed E-state index contributed by atoms with van der Waals surface area (Å²) < 4.78 is 0. The van der Waals surface area contributed by atoms with Crippen molar-refractivity contribution in [2.75, 3.05) is 6.61 Å². The highest BCUT2D eigenvalue weighted by atomic mass is 16.3. The van der Waals surface area contributed by atoms with Crippen LogP contribution in [0.1, 0.15) is 32.3 Å². The highest BCUT2D eigenvalue weighted by Gasteiger charge is 2.01. The van der Waals surface area contributed by atoms with Crippen molar-refractivity contribution < 1.29 is 15.3 Å². The van der Waals surface area contributed by atoms with E-state index in [9.17, 15) is 10.2 Å². The Hall–Kier alpha value is -1.74. The molecule has 19 heavy (non-hydrogen) atoms. The summed E-state index contributed by atoms with van der Waals surface area (Å²) in [6.45, 7) is 4.06. The lowest BCUT2D eigenvalue weighted by Crippen LogP contribution is -1.86. The molecule has 0 radical (unpaired) electrons. The fourth-order valence-corrected chi connectivity index (χ4v) is 1.73. The average Bonchev–Trinajstić information content (AvgIpc) is 2.39. The van der Waals surface area contributed by atoms with E-state index < -0.39 is 0 Å². The first kappa shape index (κ1) is 15.3. The summed E-state index contributed by atoms with van der Waals surface area (Å²) in [6, 6.07) is 4.55. The molecule has 0 fully saturated rings. The number of phenols is 2. The molecule has 3 N–H and O–H groups in total. The Balaban J connectivity index is 2.53. The van der Waals surface area contributed by atoms with Crippen LogP contribution in [0.15, 0.2) is 41.5 Å². The molecular weight excluding hydrogens is 240 g/mol.